The van der Waals surface area contributed by atoms with Gasteiger partial charge in [0.05, 0.1) is 0 Å². The molecule has 142 valence electrons. The third-order valence-electron chi connectivity index (χ3n) is 5.61. The van der Waals surface area contributed by atoms with Crippen LogP contribution in [0.25, 0.3) is 21.9 Å². The van der Waals surface area contributed by atoms with E-state index in [1.54, 1.807) is 12.4 Å². The lowest BCUT2D eigenvalue weighted by molar-refractivity contribution is 0.630. The number of H-pyrrole nitrogens is 1. The molecule has 0 amide bonds. The van der Waals surface area contributed by atoms with E-state index in [-0.39, 0.29) is 5.82 Å². The van der Waals surface area contributed by atoms with Crippen molar-refractivity contribution in [3.05, 3.63) is 59.7 Å². The standard InChI is InChI=1S/C22H22FN5/c1-14-3-4-15(2)19(11-14)27-7-9-28(10-8-27)22-21-20(24-13-25-22)17-12-16(23)5-6-18(17)26-21/h3-6,11-13,26H,7-10H2,1-2H3. The molecule has 0 radical (unpaired) electrons. The average Bonchev–Trinajstić information content (AvgIpc) is 3.08. The molecular formula is C22H22FN5. The second-order valence-corrected chi connectivity index (χ2v) is 7.50. The van der Waals surface area contributed by atoms with Gasteiger partial charge in [-0.3, -0.25) is 0 Å². The van der Waals surface area contributed by atoms with E-state index in [2.05, 4.69) is 56.8 Å². The minimum atomic E-state index is -0.254. The van der Waals surface area contributed by atoms with Crippen LogP contribution >= 0.6 is 0 Å². The van der Waals surface area contributed by atoms with Gasteiger partial charge in [0.2, 0.25) is 0 Å². The van der Waals surface area contributed by atoms with Crippen molar-refractivity contribution >= 4 is 33.4 Å². The summed E-state index contributed by atoms with van der Waals surface area (Å²) in [6, 6.07) is 11.4. The van der Waals surface area contributed by atoms with Gasteiger partial charge in [-0.25, -0.2) is 14.4 Å². The maximum Gasteiger partial charge on any atom is 0.156 e. The van der Waals surface area contributed by atoms with Crippen LogP contribution in [0.5, 0.6) is 0 Å². The van der Waals surface area contributed by atoms with Crippen molar-refractivity contribution in [3.8, 4) is 0 Å². The number of aryl methyl sites for hydroxylation is 2. The van der Waals surface area contributed by atoms with Crippen LogP contribution in [-0.2, 0) is 0 Å². The van der Waals surface area contributed by atoms with Gasteiger partial charge >= 0.3 is 0 Å². The van der Waals surface area contributed by atoms with E-state index in [9.17, 15) is 4.39 Å². The number of hydrogen-bond acceptors (Lipinski definition) is 4. The summed E-state index contributed by atoms with van der Waals surface area (Å²) in [5.41, 5.74) is 6.44. The number of fused-ring (bicyclic) bond motifs is 3. The zero-order valence-electron chi connectivity index (χ0n) is 16.0. The van der Waals surface area contributed by atoms with Crippen LogP contribution in [0.2, 0.25) is 0 Å². The summed E-state index contributed by atoms with van der Waals surface area (Å²) in [6.45, 7) is 7.93. The maximum atomic E-state index is 13.7. The van der Waals surface area contributed by atoms with Crippen molar-refractivity contribution < 1.29 is 4.39 Å². The highest BCUT2D eigenvalue weighted by molar-refractivity contribution is 6.08. The third kappa shape index (κ3) is 2.76. The molecule has 1 aliphatic rings. The Labute approximate surface area is 162 Å². The highest BCUT2D eigenvalue weighted by Crippen LogP contribution is 2.31. The van der Waals surface area contributed by atoms with Crippen LogP contribution in [-0.4, -0.2) is 41.1 Å². The maximum absolute atomic E-state index is 13.7. The minimum Gasteiger partial charge on any atom is -0.368 e. The normalized spacial score (nSPS) is 15.0. The number of piperazine rings is 1. The number of rotatable bonds is 2. The van der Waals surface area contributed by atoms with Crippen LogP contribution in [0.15, 0.2) is 42.7 Å². The summed E-state index contributed by atoms with van der Waals surface area (Å²) < 4.78 is 13.7. The first-order valence-corrected chi connectivity index (χ1v) is 9.59. The average molecular weight is 375 g/mol. The SMILES string of the molecule is Cc1ccc(C)c(N2CCN(c3ncnc4c3[nH]c3ccc(F)cc34)CC2)c1. The van der Waals surface area contributed by atoms with E-state index in [1.165, 1.54) is 28.9 Å². The van der Waals surface area contributed by atoms with E-state index in [0.29, 0.717) is 0 Å². The Bertz CT molecular complexity index is 1170. The Hall–Kier alpha value is -3.15. The van der Waals surface area contributed by atoms with E-state index in [0.717, 1.165) is 53.9 Å². The minimum absolute atomic E-state index is 0.254. The molecule has 0 spiro atoms. The van der Waals surface area contributed by atoms with Gasteiger partial charge < -0.3 is 14.8 Å². The zero-order chi connectivity index (χ0) is 19.3. The summed E-state index contributed by atoms with van der Waals surface area (Å²) in [5.74, 6) is 0.637. The molecule has 0 unspecified atom stereocenters. The lowest BCUT2D eigenvalue weighted by atomic mass is 10.1. The molecule has 3 heterocycles. The lowest BCUT2D eigenvalue weighted by Crippen LogP contribution is -2.47. The largest absolute Gasteiger partial charge is 0.368 e. The van der Waals surface area contributed by atoms with Crippen LogP contribution in [0.1, 0.15) is 11.1 Å². The Morgan fingerprint density at radius 1 is 0.929 bits per heavy atom. The Kier molecular flexibility index (Phi) is 3.93. The summed E-state index contributed by atoms with van der Waals surface area (Å²) in [7, 11) is 0. The molecule has 1 N–H and O–H groups in total. The summed E-state index contributed by atoms with van der Waals surface area (Å²) in [5, 5.41) is 0.799. The molecule has 0 bridgehead atoms. The van der Waals surface area contributed by atoms with Gasteiger partial charge in [0.15, 0.2) is 5.82 Å². The molecule has 4 aromatic rings. The van der Waals surface area contributed by atoms with Crippen LogP contribution in [0.4, 0.5) is 15.9 Å². The number of nitrogens with zero attached hydrogens (tertiary/aromatic N) is 4. The number of halogens is 1. The Morgan fingerprint density at radius 2 is 1.71 bits per heavy atom. The van der Waals surface area contributed by atoms with Crippen molar-refractivity contribution in [2.45, 2.75) is 13.8 Å². The van der Waals surface area contributed by atoms with Crippen LogP contribution in [0, 0.1) is 19.7 Å². The Morgan fingerprint density at radius 3 is 2.54 bits per heavy atom. The van der Waals surface area contributed by atoms with Crippen molar-refractivity contribution in [2.75, 3.05) is 36.0 Å². The number of aromatic nitrogens is 3. The third-order valence-corrected chi connectivity index (χ3v) is 5.61. The molecule has 0 atom stereocenters. The van der Waals surface area contributed by atoms with Crippen LogP contribution < -0.4 is 9.80 Å². The Balaban J connectivity index is 1.46. The molecule has 2 aromatic heterocycles. The predicted molar refractivity (Wildman–Crippen MR) is 112 cm³/mol. The highest BCUT2D eigenvalue weighted by atomic mass is 19.1. The molecule has 5 rings (SSSR count). The van der Waals surface area contributed by atoms with Gasteiger partial charge in [-0.15, -0.1) is 0 Å². The summed E-state index contributed by atoms with van der Waals surface area (Å²) >= 11 is 0. The fourth-order valence-electron chi connectivity index (χ4n) is 4.11. The molecule has 1 aliphatic heterocycles. The summed E-state index contributed by atoms with van der Waals surface area (Å²) in [4.78, 5) is 17.1. The van der Waals surface area contributed by atoms with E-state index >= 15 is 0 Å². The smallest absolute Gasteiger partial charge is 0.156 e. The van der Waals surface area contributed by atoms with Crippen molar-refractivity contribution in [3.63, 3.8) is 0 Å². The molecular weight excluding hydrogens is 353 g/mol. The zero-order valence-corrected chi connectivity index (χ0v) is 16.0. The molecule has 1 fully saturated rings. The van der Waals surface area contributed by atoms with Crippen molar-refractivity contribution in [1.29, 1.82) is 0 Å². The number of anilines is 2. The van der Waals surface area contributed by atoms with Crippen molar-refractivity contribution in [1.82, 2.24) is 15.0 Å². The molecule has 28 heavy (non-hydrogen) atoms. The quantitative estimate of drug-likeness (QED) is 0.571. The molecule has 0 aliphatic carbocycles. The van der Waals surface area contributed by atoms with Gasteiger partial charge in [-0.05, 0) is 49.2 Å². The van der Waals surface area contributed by atoms with E-state index in [4.69, 9.17) is 0 Å². The monoisotopic (exact) mass is 375 g/mol. The fraction of sp³-hybridized carbons (Fsp3) is 0.273. The first-order chi connectivity index (χ1) is 13.6. The van der Waals surface area contributed by atoms with Gasteiger partial charge in [0, 0.05) is 42.8 Å². The van der Waals surface area contributed by atoms with Gasteiger partial charge in [0.1, 0.15) is 23.2 Å². The fourth-order valence-corrected chi connectivity index (χ4v) is 4.11. The first-order valence-electron chi connectivity index (χ1n) is 9.59. The lowest BCUT2D eigenvalue weighted by Gasteiger charge is -2.37. The second-order valence-electron chi connectivity index (χ2n) is 7.50. The second kappa shape index (κ2) is 6.48. The molecule has 1 saturated heterocycles. The molecule has 2 aromatic carbocycles. The highest BCUT2D eigenvalue weighted by Gasteiger charge is 2.22. The van der Waals surface area contributed by atoms with Crippen molar-refractivity contribution in [2.24, 2.45) is 0 Å². The number of benzene rings is 2. The topological polar surface area (TPSA) is 48.1 Å². The number of hydrogen-bond donors (Lipinski definition) is 1. The van der Waals surface area contributed by atoms with Gasteiger partial charge in [-0.2, -0.15) is 0 Å². The van der Waals surface area contributed by atoms with Crippen LogP contribution in [0.3, 0.4) is 0 Å². The number of aromatic amines is 1. The van der Waals surface area contributed by atoms with E-state index < -0.39 is 0 Å². The van der Waals surface area contributed by atoms with Gasteiger partial charge in [-0.1, -0.05) is 12.1 Å². The first kappa shape index (κ1) is 17.0. The molecule has 0 saturated carbocycles. The molecule has 6 heteroatoms. The predicted octanol–water partition coefficient (Wildman–Crippen LogP) is 4.19. The van der Waals surface area contributed by atoms with Gasteiger partial charge in [0.25, 0.3) is 0 Å². The molecule has 5 nitrogen and oxygen atoms in total. The number of nitrogens with one attached hydrogen (secondary N) is 1. The van der Waals surface area contributed by atoms with E-state index in [1.807, 2.05) is 0 Å². The summed E-state index contributed by atoms with van der Waals surface area (Å²) in [6.07, 6.45) is 1.58.